The molecule has 0 aromatic heterocycles. The van der Waals surface area contributed by atoms with Crippen molar-refractivity contribution < 1.29 is 4.97 Å². The molecule has 0 atom stereocenters. The third-order valence-corrected chi connectivity index (χ3v) is 2.03. The molecule has 2 aromatic rings. The van der Waals surface area contributed by atoms with Crippen LogP contribution in [0.15, 0.2) is 65.8 Å². The molecule has 0 spiro atoms. The van der Waals surface area contributed by atoms with Crippen LogP contribution in [0, 0.1) is 5.21 Å². The maximum Gasteiger partial charge on any atom is 0.135 e. The van der Waals surface area contributed by atoms with Crippen molar-refractivity contribution in [3.05, 3.63) is 65.9 Å². The monoisotopic (exact) mass is 228 g/mol. The van der Waals surface area contributed by atoms with Gasteiger partial charge in [-0.1, -0.05) is 41.9 Å². The van der Waals surface area contributed by atoms with E-state index in [0.29, 0.717) is 10.7 Å². The van der Waals surface area contributed by atoms with Gasteiger partial charge in [0.05, 0.1) is 10.7 Å². The number of anilines is 1. The Bertz CT molecular complexity index is 484. The molecule has 2 rings (SSSR count). The van der Waals surface area contributed by atoms with E-state index in [4.69, 9.17) is 0 Å². The molecule has 0 radical (unpaired) electrons. The summed E-state index contributed by atoms with van der Waals surface area (Å²) in [6.07, 6.45) is 0. The van der Waals surface area contributed by atoms with E-state index in [1.54, 1.807) is 12.1 Å². The minimum Gasteiger partial charge on any atom is -0.570 e. The number of benzene rings is 2. The van der Waals surface area contributed by atoms with Crippen LogP contribution in [-0.2, 0) is 0 Å². The Hall–Kier alpha value is -2.56. The van der Waals surface area contributed by atoms with Crippen molar-refractivity contribution in [1.82, 2.24) is 5.53 Å². The number of hydrogen-bond acceptors (Lipinski definition) is 3. The van der Waals surface area contributed by atoms with E-state index in [2.05, 4.69) is 16.1 Å². The van der Waals surface area contributed by atoms with Crippen molar-refractivity contribution >= 4 is 11.4 Å². The predicted octanol–water partition coefficient (Wildman–Crippen LogP) is 2.81. The average molecular weight is 228 g/mol. The van der Waals surface area contributed by atoms with Gasteiger partial charge in [0.2, 0.25) is 0 Å². The van der Waals surface area contributed by atoms with Crippen LogP contribution in [0.1, 0.15) is 0 Å². The zero-order chi connectivity index (χ0) is 11.9. The van der Waals surface area contributed by atoms with Crippen molar-refractivity contribution in [2.75, 3.05) is 5.43 Å². The highest BCUT2D eigenvalue weighted by Gasteiger charge is 1.95. The summed E-state index contributed by atoms with van der Waals surface area (Å²) in [4.78, 5) is 0.377. The lowest BCUT2D eigenvalue weighted by molar-refractivity contribution is -0.580. The fourth-order valence-electron chi connectivity index (χ4n) is 1.26. The van der Waals surface area contributed by atoms with Crippen molar-refractivity contribution in [3.63, 3.8) is 0 Å². The zero-order valence-corrected chi connectivity index (χ0v) is 9.08. The van der Waals surface area contributed by atoms with Gasteiger partial charge >= 0.3 is 0 Å². The Labute approximate surface area is 98.9 Å². The van der Waals surface area contributed by atoms with E-state index < -0.39 is 0 Å². The molecule has 0 saturated carbocycles. The summed E-state index contributed by atoms with van der Waals surface area (Å²) in [6, 6.07) is 18.3. The molecular formula is C12H12N4O. The van der Waals surface area contributed by atoms with Crippen LogP contribution >= 0.6 is 0 Å². The Kier molecular flexibility index (Phi) is 3.54. The molecule has 5 heteroatoms. The van der Waals surface area contributed by atoms with E-state index in [1.165, 1.54) is 0 Å². The minimum absolute atomic E-state index is 0.377. The summed E-state index contributed by atoms with van der Waals surface area (Å²) in [7, 11) is 0. The number of hydrazine groups is 2. The van der Waals surface area contributed by atoms with Gasteiger partial charge in [0.15, 0.2) is 0 Å². The van der Waals surface area contributed by atoms with Crippen LogP contribution in [0.2, 0.25) is 0 Å². The van der Waals surface area contributed by atoms with Gasteiger partial charge < -0.3 is 5.21 Å². The number of rotatable bonds is 4. The van der Waals surface area contributed by atoms with Crippen LogP contribution in [0.25, 0.3) is 0 Å². The SMILES string of the molecule is [O-][N+](=Nc1ccccc1)NNc1ccccc1. The highest BCUT2D eigenvalue weighted by molar-refractivity contribution is 5.40. The van der Waals surface area contributed by atoms with E-state index in [9.17, 15) is 5.21 Å². The van der Waals surface area contributed by atoms with Crippen LogP contribution < -0.4 is 11.0 Å². The van der Waals surface area contributed by atoms with Crippen molar-refractivity contribution in [1.29, 1.82) is 0 Å². The first kappa shape index (κ1) is 10.9. The number of nitrogens with zero attached hydrogens (tertiary/aromatic N) is 2. The second kappa shape index (κ2) is 5.50. The molecule has 0 fully saturated rings. The van der Waals surface area contributed by atoms with Gasteiger partial charge in [-0.05, 0) is 24.3 Å². The van der Waals surface area contributed by atoms with Gasteiger partial charge in [-0.25, -0.2) is 0 Å². The summed E-state index contributed by atoms with van der Waals surface area (Å²) in [5.74, 6) is 0. The fraction of sp³-hybridized carbons (Fsp3) is 0. The van der Waals surface area contributed by atoms with Crippen LogP contribution in [-0.4, -0.2) is 4.97 Å². The first-order chi connectivity index (χ1) is 8.34. The van der Waals surface area contributed by atoms with Crippen LogP contribution in [0.3, 0.4) is 0 Å². The lowest BCUT2D eigenvalue weighted by atomic mass is 10.3. The molecule has 17 heavy (non-hydrogen) atoms. The summed E-state index contributed by atoms with van der Waals surface area (Å²) in [5.41, 5.74) is 6.52. The van der Waals surface area contributed by atoms with Crippen molar-refractivity contribution in [2.24, 2.45) is 5.11 Å². The third kappa shape index (κ3) is 3.49. The van der Waals surface area contributed by atoms with Crippen molar-refractivity contribution in [2.45, 2.75) is 0 Å². The fourth-order valence-corrected chi connectivity index (χ4v) is 1.26. The maximum atomic E-state index is 11.4. The smallest absolute Gasteiger partial charge is 0.135 e. The Morgan fingerprint density at radius 1 is 0.882 bits per heavy atom. The predicted molar refractivity (Wildman–Crippen MR) is 65.4 cm³/mol. The highest BCUT2D eigenvalue weighted by Crippen LogP contribution is 2.09. The molecule has 0 saturated heterocycles. The van der Waals surface area contributed by atoms with Gasteiger partial charge in [0, 0.05) is 5.11 Å². The number of para-hydroxylation sites is 1. The van der Waals surface area contributed by atoms with Gasteiger partial charge in [-0.15, -0.1) is 0 Å². The van der Waals surface area contributed by atoms with E-state index in [-0.39, 0.29) is 0 Å². The number of hydrogen-bond donors (Lipinski definition) is 2. The Morgan fingerprint density at radius 2 is 1.47 bits per heavy atom. The topological polar surface area (TPSA) is 62.5 Å². The second-order valence-corrected chi connectivity index (χ2v) is 3.31. The van der Waals surface area contributed by atoms with Gasteiger partial charge in [0.25, 0.3) is 0 Å². The third-order valence-electron chi connectivity index (χ3n) is 2.03. The molecular weight excluding hydrogens is 216 g/mol. The van der Waals surface area contributed by atoms with E-state index >= 15 is 0 Å². The van der Waals surface area contributed by atoms with Gasteiger partial charge in [-0.2, -0.15) is 0 Å². The molecule has 0 unspecified atom stereocenters. The quantitative estimate of drug-likeness (QED) is 0.480. The molecule has 0 aliphatic carbocycles. The minimum atomic E-state index is 0.377. The molecule has 5 nitrogen and oxygen atoms in total. The summed E-state index contributed by atoms with van der Waals surface area (Å²) < 4.78 is 0. The highest BCUT2D eigenvalue weighted by atomic mass is 16.5. The largest absolute Gasteiger partial charge is 0.570 e. The molecule has 0 aliphatic heterocycles. The van der Waals surface area contributed by atoms with Crippen LogP contribution in [0.5, 0.6) is 0 Å². The lowest BCUT2D eigenvalue weighted by Crippen LogP contribution is -2.28. The molecule has 2 aromatic carbocycles. The summed E-state index contributed by atoms with van der Waals surface area (Å²) in [6.45, 7) is 0. The maximum absolute atomic E-state index is 11.4. The molecule has 0 bridgehead atoms. The van der Waals surface area contributed by atoms with Gasteiger partial charge in [0.1, 0.15) is 5.69 Å². The first-order valence-corrected chi connectivity index (χ1v) is 5.15. The van der Waals surface area contributed by atoms with E-state index in [1.807, 2.05) is 48.5 Å². The molecule has 0 aliphatic rings. The molecule has 0 heterocycles. The number of nitrogens with one attached hydrogen (secondary N) is 2. The lowest BCUT2D eigenvalue weighted by Gasteiger charge is -2.05. The Balaban J connectivity index is 1.94. The normalized spacial score (nSPS) is 10.9. The van der Waals surface area contributed by atoms with Gasteiger partial charge in [-0.3, -0.25) is 5.43 Å². The van der Waals surface area contributed by atoms with Crippen LogP contribution in [0.4, 0.5) is 11.4 Å². The Morgan fingerprint density at radius 3 is 2.12 bits per heavy atom. The summed E-state index contributed by atoms with van der Waals surface area (Å²) >= 11 is 0. The van der Waals surface area contributed by atoms with E-state index in [0.717, 1.165) is 5.69 Å². The zero-order valence-electron chi connectivity index (χ0n) is 9.08. The second-order valence-electron chi connectivity index (χ2n) is 3.31. The molecule has 2 N–H and O–H groups in total. The van der Waals surface area contributed by atoms with Crippen molar-refractivity contribution in [3.8, 4) is 0 Å². The molecule has 86 valence electrons. The average Bonchev–Trinajstić information content (AvgIpc) is 2.39. The summed E-state index contributed by atoms with van der Waals surface area (Å²) in [5, 5.41) is 15.1. The standard InChI is InChI=1S/C12H12N4O/c17-16(14-12-9-5-2-6-10-12)15-13-11-7-3-1-4-8-11/h1-10,13H,(H,14,15). The first-order valence-electron chi connectivity index (χ1n) is 5.15. The molecule has 0 amide bonds.